The van der Waals surface area contributed by atoms with E-state index in [4.69, 9.17) is 0 Å². The molecule has 0 bridgehead atoms. The molecule has 1 amide bonds. The van der Waals surface area contributed by atoms with Gasteiger partial charge in [-0.25, -0.2) is 5.43 Å². The first-order chi connectivity index (χ1) is 11.0. The molecule has 7 heteroatoms. The Morgan fingerprint density at radius 1 is 1.17 bits per heavy atom. The van der Waals surface area contributed by atoms with E-state index in [2.05, 4.69) is 38.4 Å². The summed E-state index contributed by atoms with van der Waals surface area (Å²) >= 11 is 2.21. The number of phenols is 2. The molecule has 0 aliphatic carbocycles. The minimum absolute atomic E-state index is 0.0372. The Kier molecular flexibility index (Phi) is 5.80. The van der Waals surface area contributed by atoms with Crippen LogP contribution in [0.4, 0.5) is 5.69 Å². The molecule has 23 heavy (non-hydrogen) atoms. The Bertz CT molecular complexity index is 730. The normalized spacial score (nSPS) is 11.1. The number of hydrogen-bond donors (Lipinski definition) is 4. The molecule has 0 saturated heterocycles. The summed E-state index contributed by atoms with van der Waals surface area (Å²) < 4.78 is 1.12. The molecular weight excluding hydrogens is 409 g/mol. The highest BCUT2D eigenvalue weighted by atomic mass is 127. The van der Waals surface area contributed by atoms with Crippen molar-refractivity contribution in [3.63, 3.8) is 0 Å². The molecule has 0 aliphatic heterocycles. The lowest BCUT2D eigenvalue weighted by molar-refractivity contribution is -0.119. The number of nitrogens with one attached hydrogen (secondary N) is 2. The highest BCUT2D eigenvalue weighted by Gasteiger charge is 2.06. The fraction of sp³-hybridized carbons (Fsp3) is 0.125. The van der Waals surface area contributed by atoms with Crippen LogP contribution in [0.2, 0.25) is 0 Å². The molecule has 0 heterocycles. The number of halogens is 1. The summed E-state index contributed by atoms with van der Waals surface area (Å²) in [5, 5.41) is 25.9. The number of nitrogens with zero attached hydrogens (tertiary/aromatic N) is 1. The van der Waals surface area contributed by atoms with Crippen LogP contribution in [-0.2, 0) is 4.79 Å². The van der Waals surface area contributed by atoms with Gasteiger partial charge in [0.15, 0.2) is 0 Å². The lowest BCUT2D eigenvalue weighted by atomic mass is 10.1. The van der Waals surface area contributed by atoms with Crippen molar-refractivity contribution >= 4 is 39.9 Å². The van der Waals surface area contributed by atoms with Gasteiger partial charge in [-0.05, 0) is 65.9 Å². The zero-order valence-corrected chi connectivity index (χ0v) is 14.5. The van der Waals surface area contributed by atoms with E-state index in [0.29, 0.717) is 11.3 Å². The summed E-state index contributed by atoms with van der Waals surface area (Å²) in [5.41, 5.74) is 4.13. The highest BCUT2D eigenvalue weighted by Crippen LogP contribution is 2.22. The summed E-state index contributed by atoms with van der Waals surface area (Å²) in [6.07, 6.45) is 0. The van der Waals surface area contributed by atoms with E-state index in [0.717, 1.165) is 9.26 Å². The largest absolute Gasteiger partial charge is 0.508 e. The van der Waals surface area contributed by atoms with E-state index in [9.17, 15) is 15.0 Å². The molecule has 0 unspecified atom stereocenters. The molecule has 0 spiro atoms. The maximum Gasteiger partial charge on any atom is 0.259 e. The van der Waals surface area contributed by atoms with Crippen molar-refractivity contribution in [1.29, 1.82) is 0 Å². The van der Waals surface area contributed by atoms with Crippen LogP contribution >= 0.6 is 22.6 Å². The van der Waals surface area contributed by atoms with Gasteiger partial charge in [0.25, 0.3) is 5.91 Å². The first-order valence-corrected chi connectivity index (χ1v) is 7.88. The third kappa shape index (κ3) is 5.13. The molecule has 0 fully saturated rings. The summed E-state index contributed by atoms with van der Waals surface area (Å²) in [6.45, 7) is 1.73. The third-order valence-electron chi connectivity index (χ3n) is 3.02. The van der Waals surface area contributed by atoms with Crippen molar-refractivity contribution in [3.05, 3.63) is 51.6 Å². The Morgan fingerprint density at radius 2 is 1.87 bits per heavy atom. The fourth-order valence-electron chi connectivity index (χ4n) is 1.82. The average Bonchev–Trinajstić information content (AvgIpc) is 2.52. The van der Waals surface area contributed by atoms with Crippen LogP contribution in [-0.4, -0.2) is 28.4 Å². The smallest absolute Gasteiger partial charge is 0.259 e. The van der Waals surface area contributed by atoms with Gasteiger partial charge in [0.2, 0.25) is 0 Å². The Hall–Kier alpha value is -2.29. The van der Waals surface area contributed by atoms with Crippen LogP contribution in [0.1, 0.15) is 12.5 Å². The first-order valence-electron chi connectivity index (χ1n) is 6.80. The summed E-state index contributed by atoms with van der Waals surface area (Å²) in [5.74, 6) is -0.441. The van der Waals surface area contributed by atoms with Gasteiger partial charge < -0.3 is 15.5 Å². The molecule has 0 atom stereocenters. The second-order valence-electron chi connectivity index (χ2n) is 4.79. The molecule has 0 aliphatic rings. The number of amides is 1. The minimum Gasteiger partial charge on any atom is -0.508 e. The molecule has 4 N–H and O–H groups in total. The monoisotopic (exact) mass is 425 g/mol. The van der Waals surface area contributed by atoms with Crippen molar-refractivity contribution in [2.24, 2.45) is 5.10 Å². The number of aromatic hydroxyl groups is 2. The fourth-order valence-corrected chi connectivity index (χ4v) is 2.18. The standard InChI is InChI=1S/C16H16IN3O3/c1-10(14-7-6-13(21)8-15(14)22)19-20-16(23)9-18-12-4-2-11(17)3-5-12/h2-8,18,21-22H,9H2,1H3,(H,20,23)/b19-10-. The van der Waals surface area contributed by atoms with E-state index in [1.54, 1.807) is 6.92 Å². The molecule has 0 aromatic heterocycles. The number of carbonyl (C=O) groups excluding carboxylic acids is 1. The van der Waals surface area contributed by atoms with Crippen molar-refractivity contribution in [1.82, 2.24) is 5.43 Å². The van der Waals surface area contributed by atoms with Gasteiger partial charge in [-0.15, -0.1) is 0 Å². The van der Waals surface area contributed by atoms with E-state index in [1.165, 1.54) is 18.2 Å². The van der Waals surface area contributed by atoms with Gasteiger partial charge in [-0.2, -0.15) is 5.10 Å². The predicted molar refractivity (Wildman–Crippen MR) is 97.8 cm³/mol. The molecule has 0 saturated carbocycles. The molecule has 2 aromatic rings. The number of benzene rings is 2. The van der Waals surface area contributed by atoms with Gasteiger partial charge in [0.1, 0.15) is 11.5 Å². The molecule has 2 rings (SSSR count). The number of phenolic OH excluding ortho intramolecular Hbond substituents is 2. The second-order valence-corrected chi connectivity index (χ2v) is 6.04. The maximum atomic E-state index is 11.8. The lowest BCUT2D eigenvalue weighted by Crippen LogP contribution is -2.26. The Balaban J connectivity index is 1.90. The van der Waals surface area contributed by atoms with Crippen LogP contribution in [0.25, 0.3) is 0 Å². The predicted octanol–water partition coefficient (Wildman–Crippen LogP) is 2.65. The zero-order chi connectivity index (χ0) is 16.8. The van der Waals surface area contributed by atoms with E-state index in [1.807, 2.05) is 24.3 Å². The molecule has 120 valence electrons. The van der Waals surface area contributed by atoms with E-state index >= 15 is 0 Å². The topological polar surface area (TPSA) is 94.0 Å². The maximum absolute atomic E-state index is 11.8. The summed E-state index contributed by atoms with van der Waals surface area (Å²) in [4.78, 5) is 11.8. The Morgan fingerprint density at radius 3 is 2.52 bits per heavy atom. The van der Waals surface area contributed by atoms with Gasteiger partial charge in [-0.1, -0.05) is 0 Å². The minimum atomic E-state index is -0.304. The van der Waals surface area contributed by atoms with Crippen molar-refractivity contribution in [3.8, 4) is 11.5 Å². The van der Waals surface area contributed by atoms with Gasteiger partial charge in [0.05, 0.1) is 12.3 Å². The molecule has 0 radical (unpaired) electrons. The van der Waals surface area contributed by atoms with Crippen LogP contribution < -0.4 is 10.7 Å². The molecule has 6 nitrogen and oxygen atoms in total. The van der Waals surface area contributed by atoms with Crippen LogP contribution in [0.3, 0.4) is 0 Å². The second kappa shape index (κ2) is 7.82. The van der Waals surface area contributed by atoms with Crippen LogP contribution in [0.5, 0.6) is 11.5 Å². The number of anilines is 1. The number of hydrogen-bond acceptors (Lipinski definition) is 5. The van der Waals surface area contributed by atoms with Crippen molar-refractivity contribution in [2.45, 2.75) is 6.92 Å². The number of rotatable bonds is 5. The van der Waals surface area contributed by atoms with Gasteiger partial charge in [-0.3, -0.25) is 4.79 Å². The van der Waals surface area contributed by atoms with E-state index in [-0.39, 0.29) is 24.0 Å². The SMILES string of the molecule is C/C(=N/NC(=O)CNc1ccc(I)cc1)c1ccc(O)cc1O. The van der Waals surface area contributed by atoms with Crippen molar-refractivity contribution in [2.75, 3.05) is 11.9 Å². The van der Waals surface area contributed by atoms with Crippen LogP contribution in [0, 0.1) is 3.57 Å². The van der Waals surface area contributed by atoms with Gasteiger partial charge >= 0.3 is 0 Å². The van der Waals surface area contributed by atoms with Crippen LogP contribution in [0.15, 0.2) is 47.6 Å². The number of hydrazone groups is 1. The first kappa shape index (κ1) is 17.1. The third-order valence-corrected chi connectivity index (χ3v) is 3.74. The average molecular weight is 425 g/mol. The van der Waals surface area contributed by atoms with Crippen molar-refractivity contribution < 1.29 is 15.0 Å². The summed E-state index contributed by atoms with van der Waals surface area (Å²) in [7, 11) is 0. The molecule has 2 aromatic carbocycles. The highest BCUT2D eigenvalue weighted by molar-refractivity contribution is 14.1. The quantitative estimate of drug-likeness (QED) is 0.337. The summed E-state index contributed by atoms with van der Waals surface area (Å²) in [6, 6.07) is 11.8. The molecular formula is C16H16IN3O3. The lowest BCUT2D eigenvalue weighted by Gasteiger charge is -2.07. The van der Waals surface area contributed by atoms with E-state index < -0.39 is 0 Å². The van der Waals surface area contributed by atoms with Gasteiger partial charge in [0, 0.05) is 20.9 Å². The zero-order valence-electron chi connectivity index (χ0n) is 12.4. The Labute approximate surface area is 147 Å². The number of carbonyl (C=O) groups is 1.